The zero-order valence-corrected chi connectivity index (χ0v) is 30.5. The lowest BCUT2D eigenvalue weighted by molar-refractivity contribution is -0.145. The summed E-state index contributed by atoms with van der Waals surface area (Å²) >= 11 is 3.76. The summed E-state index contributed by atoms with van der Waals surface area (Å²) in [5.74, 6) is -3.17. The fraction of sp³-hybridized carbons (Fsp3) is 0.487. The Kier molecular flexibility index (Phi) is 12.3. The molecule has 0 aromatic heterocycles. The molecule has 0 saturated carbocycles. The predicted octanol–water partition coefficient (Wildman–Crippen LogP) is 5.10. The molecule has 50 heavy (non-hydrogen) atoms. The summed E-state index contributed by atoms with van der Waals surface area (Å²) in [7, 11) is 0. The lowest BCUT2D eigenvalue weighted by Gasteiger charge is -2.37. The second-order valence-electron chi connectivity index (χ2n) is 13.5. The van der Waals surface area contributed by atoms with Crippen LogP contribution in [-0.4, -0.2) is 82.6 Å². The van der Waals surface area contributed by atoms with Crippen molar-refractivity contribution in [1.82, 2.24) is 10.2 Å². The van der Waals surface area contributed by atoms with Gasteiger partial charge in [0.15, 0.2) is 0 Å². The van der Waals surface area contributed by atoms with Crippen molar-refractivity contribution in [3.63, 3.8) is 0 Å². The molecule has 1 unspecified atom stereocenters. The quantitative estimate of drug-likeness (QED) is 0.0999. The van der Waals surface area contributed by atoms with Crippen molar-refractivity contribution in [1.29, 1.82) is 0 Å². The highest BCUT2D eigenvalue weighted by atomic mass is 79.9. The van der Waals surface area contributed by atoms with E-state index in [9.17, 15) is 24.3 Å². The third-order valence-electron chi connectivity index (χ3n) is 10.1. The number of anilines is 1. The number of aliphatic hydroxyl groups is 1. The SMILES string of the molecule is C=CCCC(=O)OC[C@H](NC(=O)[C@H]1[C@@H]2O[C@@]3(CC2Br)[C@@H]1C(=O)N(CCCCCO)[C@@H]3C(=O)N(CC=C)c1cc(C)ccc1C)c1ccccc1. The van der Waals surface area contributed by atoms with Crippen molar-refractivity contribution < 1.29 is 33.8 Å². The number of allylic oxidation sites excluding steroid dienone is 1. The van der Waals surface area contributed by atoms with Gasteiger partial charge in [0.25, 0.3) is 5.91 Å². The summed E-state index contributed by atoms with van der Waals surface area (Å²) in [5, 5.41) is 12.5. The van der Waals surface area contributed by atoms with Crippen LogP contribution in [0, 0.1) is 25.7 Å². The van der Waals surface area contributed by atoms with E-state index in [0.717, 1.165) is 22.4 Å². The third kappa shape index (κ3) is 7.45. The predicted molar refractivity (Wildman–Crippen MR) is 195 cm³/mol. The van der Waals surface area contributed by atoms with Crippen molar-refractivity contribution in [2.24, 2.45) is 11.8 Å². The first-order valence-corrected chi connectivity index (χ1v) is 18.3. The molecule has 3 saturated heterocycles. The molecule has 7 atom stereocenters. The number of fused-ring (bicyclic) bond motifs is 1. The molecule has 2 N–H and O–H groups in total. The van der Waals surface area contributed by atoms with Crippen LogP contribution >= 0.6 is 15.9 Å². The van der Waals surface area contributed by atoms with Gasteiger partial charge in [-0.05, 0) is 68.7 Å². The molecule has 11 heteroatoms. The number of carbonyl (C=O) groups is 4. The number of rotatable bonds is 17. The zero-order valence-electron chi connectivity index (χ0n) is 28.9. The van der Waals surface area contributed by atoms with Gasteiger partial charge in [-0.3, -0.25) is 19.2 Å². The van der Waals surface area contributed by atoms with E-state index in [4.69, 9.17) is 9.47 Å². The smallest absolute Gasteiger partial charge is 0.306 e. The Morgan fingerprint density at radius 1 is 1.14 bits per heavy atom. The minimum Gasteiger partial charge on any atom is -0.463 e. The molecular weight excluding hydrogens is 702 g/mol. The van der Waals surface area contributed by atoms with E-state index in [0.29, 0.717) is 32.1 Å². The van der Waals surface area contributed by atoms with Crippen molar-refractivity contribution >= 4 is 45.3 Å². The molecule has 10 nitrogen and oxygen atoms in total. The van der Waals surface area contributed by atoms with Gasteiger partial charge in [-0.15, -0.1) is 13.2 Å². The molecule has 0 aliphatic carbocycles. The largest absolute Gasteiger partial charge is 0.463 e. The van der Waals surface area contributed by atoms with Gasteiger partial charge in [-0.1, -0.05) is 70.5 Å². The number of halogens is 1. The van der Waals surface area contributed by atoms with Gasteiger partial charge in [0.05, 0.1) is 24.0 Å². The normalized spacial score (nSPS) is 25.6. The number of amides is 3. The standard InChI is InChI=1S/C39H48BrN3O7/c1-5-7-16-31(45)49-24-29(27-14-10-8-11-15-27)41-36(46)32-33-37(47)43(20-12-9-13-21-44)35(39(33)23-28(40)34(32)50-39)38(48)42(19-6-2)30-22-25(3)17-18-26(30)4/h5-6,8,10-11,14-15,17-18,22,28-29,32-35,44H,1-2,7,9,12-13,16,19-21,23-24H2,3-4H3,(H,41,46)/t28?,29-,32+,33-,34+,35+,39-/m0/s1. The summed E-state index contributed by atoms with van der Waals surface area (Å²) in [5.41, 5.74) is 2.12. The number of benzene rings is 2. The zero-order chi connectivity index (χ0) is 36.0. The van der Waals surface area contributed by atoms with Gasteiger partial charge in [0.2, 0.25) is 11.8 Å². The number of likely N-dealkylation sites (tertiary alicyclic amines) is 1. The van der Waals surface area contributed by atoms with Gasteiger partial charge in [-0.2, -0.15) is 0 Å². The maximum Gasteiger partial charge on any atom is 0.306 e. The summed E-state index contributed by atoms with van der Waals surface area (Å²) in [6, 6.07) is 13.5. The van der Waals surface area contributed by atoms with Gasteiger partial charge in [0, 0.05) is 36.6 Å². The molecule has 268 valence electrons. The highest BCUT2D eigenvalue weighted by molar-refractivity contribution is 9.09. The summed E-state index contributed by atoms with van der Waals surface area (Å²) in [6.07, 6.45) is 5.51. The molecule has 3 fully saturated rings. The van der Waals surface area contributed by atoms with Gasteiger partial charge >= 0.3 is 5.97 Å². The van der Waals surface area contributed by atoms with Crippen molar-refractivity contribution in [3.8, 4) is 0 Å². The number of unbranched alkanes of at least 4 members (excludes halogenated alkanes) is 2. The van der Waals surface area contributed by atoms with Crippen LogP contribution in [0.15, 0.2) is 73.8 Å². The third-order valence-corrected chi connectivity index (χ3v) is 10.9. The Labute approximate surface area is 303 Å². The Bertz CT molecular complexity index is 1580. The van der Waals surface area contributed by atoms with Crippen LogP contribution in [0.2, 0.25) is 0 Å². The molecule has 0 radical (unpaired) electrons. The Morgan fingerprint density at radius 3 is 2.60 bits per heavy atom. The first kappa shape index (κ1) is 37.5. The summed E-state index contributed by atoms with van der Waals surface area (Å²) in [6.45, 7) is 11.9. The van der Waals surface area contributed by atoms with Crippen molar-refractivity contribution in [3.05, 3.63) is 90.5 Å². The van der Waals surface area contributed by atoms with E-state index in [2.05, 4.69) is 34.4 Å². The number of hydrogen-bond acceptors (Lipinski definition) is 7. The summed E-state index contributed by atoms with van der Waals surface area (Å²) in [4.78, 5) is 59.4. The Balaban J connectivity index is 1.49. The number of nitrogens with one attached hydrogen (secondary N) is 1. The summed E-state index contributed by atoms with van der Waals surface area (Å²) < 4.78 is 12.3. The molecule has 3 aliphatic rings. The van der Waals surface area contributed by atoms with E-state index >= 15 is 0 Å². The Hall–Kier alpha value is -3.80. The van der Waals surface area contributed by atoms with Crippen LogP contribution in [0.1, 0.15) is 61.3 Å². The van der Waals surface area contributed by atoms with Crippen LogP contribution in [0.5, 0.6) is 0 Å². The molecule has 2 aromatic rings. The van der Waals surface area contributed by atoms with Crippen LogP contribution < -0.4 is 10.2 Å². The molecule has 1 spiro atoms. The molecule has 2 bridgehead atoms. The average Bonchev–Trinajstić information content (AvgIpc) is 3.70. The number of aryl methyl sites for hydroxylation is 2. The van der Waals surface area contributed by atoms with Crippen molar-refractivity contribution in [2.75, 3.05) is 31.2 Å². The molecular formula is C39H48BrN3O7. The van der Waals surface area contributed by atoms with Gasteiger partial charge in [0.1, 0.15) is 18.2 Å². The molecule has 3 aliphatic heterocycles. The van der Waals surface area contributed by atoms with Crippen LogP contribution in [0.4, 0.5) is 5.69 Å². The fourth-order valence-corrected chi connectivity index (χ4v) is 8.70. The average molecular weight is 751 g/mol. The van der Waals surface area contributed by atoms with Crippen LogP contribution in [-0.2, 0) is 28.7 Å². The minimum absolute atomic E-state index is 0.0348. The second kappa shape index (κ2) is 16.5. The Morgan fingerprint density at radius 2 is 1.90 bits per heavy atom. The molecule has 3 heterocycles. The number of carbonyl (C=O) groups excluding carboxylic acids is 4. The van der Waals surface area contributed by atoms with Gasteiger partial charge < -0.3 is 29.7 Å². The lowest BCUT2D eigenvalue weighted by atomic mass is 9.70. The first-order chi connectivity index (χ1) is 24.1. The van der Waals surface area contributed by atoms with E-state index < -0.39 is 47.5 Å². The molecule has 5 rings (SSSR count). The van der Waals surface area contributed by atoms with E-state index in [-0.39, 0.29) is 49.4 Å². The molecule has 3 amide bonds. The topological polar surface area (TPSA) is 125 Å². The van der Waals surface area contributed by atoms with Gasteiger partial charge in [-0.25, -0.2) is 0 Å². The number of esters is 1. The highest BCUT2D eigenvalue weighted by Gasteiger charge is 2.76. The minimum atomic E-state index is -1.25. The van der Waals surface area contributed by atoms with Crippen LogP contribution in [0.25, 0.3) is 0 Å². The number of ether oxygens (including phenoxy) is 2. The second-order valence-corrected chi connectivity index (χ2v) is 14.7. The maximum absolute atomic E-state index is 14.9. The van der Waals surface area contributed by atoms with Crippen LogP contribution in [0.3, 0.4) is 0 Å². The first-order valence-electron chi connectivity index (χ1n) is 17.4. The number of hydrogen-bond donors (Lipinski definition) is 2. The van der Waals surface area contributed by atoms with E-state index in [1.807, 2.05) is 62.4 Å². The maximum atomic E-state index is 14.9. The number of aliphatic hydroxyl groups excluding tert-OH is 1. The fourth-order valence-electron chi connectivity index (χ4n) is 7.76. The van der Waals surface area contributed by atoms with E-state index in [1.165, 1.54) is 0 Å². The number of alkyl halides is 1. The number of nitrogens with zero attached hydrogens (tertiary/aromatic N) is 2. The van der Waals surface area contributed by atoms with E-state index in [1.54, 1.807) is 22.0 Å². The monoisotopic (exact) mass is 749 g/mol. The van der Waals surface area contributed by atoms with Crippen molar-refractivity contribution in [2.45, 2.75) is 81.0 Å². The molecule has 2 aromatic carbocycles. The lowest BCUT2D eigenvalue weighted by Crippen LogP contribution is -2.57. The highest BCUT2D eigenvalue weighted by Crippen LogP contribution is 2.60.